The van der Waals surface area contributed by atoms with Gasteiger partial charge in [-0.25, -0.2) is 0 Å². The first-order chi connectivity index (χ1) is 15.7. The van der Waals surface area contributed by atoms with E-state index in [1.54, 1.807) is 0 Å². The van der Waals surface area contributed by atoms with Crippen molar-refractivity contribution in [3.05, 3.63) is 0 Å². The third-order valence-electron chi connectivity index (χ3n) is 8.00. The molecule has 194 valence electrons. The van der Waals surface area contributed by atoms with E-state index in [2.05, 4.69) is 27.7 Å². The van der Waals surface area contributed by atoms with Gasteiger partial charge in [0.2, 0.25) is 0 Å². The van der Waals surface area contributed by atoms with Gasteiger partial charge >= 0.3 is 0 Å². The monoisotopic (exact) mass is 451 g/mol. The van der Waals surface area contributed by atoms with Gasteiger partial charge in [0.1, 0.15) is 0 Å². The van der Waals surface area contributed by atoms with Gasteiger partial charge in [0.05, 0.1) is 0 Å². The zero-order valence-electron chi connectivity index (χ0n) is 23.5. The van der Waals surface area contributed by atoms with Gasteiger partial charge in [-0.05, 0) is 11.8 Å². The summed E-state index contributed by atoms with van der Waals surface area (Å²) in [7, 11) is 0. The second-order valence-corrected chi connectivity index (χ2v) is 11.3. The molecular weight excluding hydrogens is 384 g/mol. The van der Waals surface area contributed by atoms with Crippen LogP contribution in [-0.2, 0) is 0 Å². The van der Waals surface area contributed by atoms with E-state index in [0.717, 1.165) is 11.8 Å². The molecule has 2 unspecified atom stereocenters. The van der Waals surface area contributed by atoms with Crippen LogP contribution < -0.4 is 0 Å². The van der Waals surface area contributed by atoms with Crippen LogP contribution in [0.3, 0.4) is 0 Å². The summed E-state index contributed by atoms with van der Waals surface area (Å²) < 4.78 is 0. The van der Waals surface area contributed by atoms with E-state index in [1.165, 1.54) is 167 Å². The Bertz CT molecular complexity index is 288. The van der Waals surface area contributed by atoms with E-state index in [0.29, 0.717) is 0 Å². The molecule has 0 aromatic heterocycles. The third kappa shape index (κ3) is 24.6. The van der Waals surface area contributed by atoms with Gasteiger partial charge in [-0.3, -0.25) is 0 Å². The van der Waals surface area contributed by atoms with Crippen molar-refractivity contribution in [1.29, 1.82) is 0 Å². The minimum absolute atomic E-state index is 0.936. The van der Waals surface area contributed by atoms with Gasteiger partial charge in [0.25, 0.3) is 0 Å². The molecule has 0 aliphatic rings. The number of hydrogen-bond acceptors (Lipinski definition) is 0. The molecule has 0 aromatic carbocycles. The molecule has 0 rings (SSSR count). The fraction of sp³-hybridized carbons (Fsp3) is 1.00. The van der Waals surface area contributed by atoms with Gasteiger partial charge < -0.3 is 0 Å². The zero-order valence-corrected chi connectivity index (χ0v) is 23.5. The molecular formula is C32H66. The van der Waals surface area contributed by atoms with Crippen LogP contribution in [0.15, 0.2) is 0 Å². The first kappa shape index (κ1) is 32.0. The fourth-order valence-electron chi connectivity index (χ4n) is 5.18. The molecule has 0 heteroatoms. The predicted molar refractivity (Wildman–Crippen MR) is 150 cm³/mol. The summed E-state index contributed by atoms with van der Waals surface area (Å²) >= 11 is 0. The van der Waals surface area contributed by atoms with Crippen LogP contribution in [0.2, 0.25) is 0 Å². The molecule has 32 heavy (non-hydrogen) atoms. The van der Waals surface area contributed by atoms with Crippen LogP contribution in [-0.4, -0.2) is 0 Å². The Labute approximate surface area is 206 Å². The van der Waals surface area contributed by atoms with Gasteiger partial charge in [-0.1, -0.05) is 195 Å². The van der Waals surface area contributed by atoms with Crippen LogP contribution >= 0.6 is 0 Å². The molecule has 0 nitrogen and oxygen atoms in total. The molecule has 0 N–H and O–H groups in total. The molecule has 2 atom stereocenters. The summed E-state index contributed by atoms with van der Waals surface area (Å²) in [5.41, 5.74) is 0. The van der Waals surface area contributed by atoms with Crippen molar-refractivity contribution in [3.63, 3.8) is 0 Å². The molecule has 0 aliphatic heterocycles. The molecule has 0 amide bonds. The Morgan fingerprint density at radius 3 is 0.688 bits per heavy atom. The summed E-state index contributed by atoms with van der Waals surface area (Å²) in [4.78, 5) is 0. The summed E-state index contributed by atoms with van der Waals surface area (Å²) in [5, 5.41) is 0. The summed E-state index contributed by atoms with van der Waals surface area (Å²) in [6.45, 7) is 9.65. The van der Waals surface area contributed by atoms with Crippen molar-refractivity contribution in [3.8, 4) is 0 Å². The standard InChI is InChI=1S/C32H66/c1-5-7-9-11-13-15-17-19-21-23-25-27-29-31(3)32(4)30-28-26-24-22-20-18-16-14-12-10-8-6-2/h31-32H,5-30H2,1-4H3. The van der Waals surface area contributed by atoms with E-state index < -0.39 is 0 Å². The average molecular weight is 451 g/mol. The lowest BCUT2D eigenvalue weighted by atomic mass is 9.86. The molecule has 0 aromatic rings. The Kier molecular flexibility index (Phi) is 27.2. The highest BCUT2D eigenvalue weighted by atomic mass is 14.2. The predicted octanol–water partition coefficient (Wildman–Crippen LogP) is 12.4. The van der Waals surface area contributed by atoms with Crippen LogP contribution in [0.4, 0.5) is 0 Å². The number of unbranched alkanes of at least 4 members (excludes halogenated alkanes) is 22. The summed E-state index contributed by atoms with van der Waals surface area (Å²) in [6.07, 6.45) is 38.1. The Hall–Kier alpha value is 0. The van der Waals surface area contributed by atoms with Crippen molar-refractivity contribution >= 4 is 0 Å². The molecule has 0 bridgehead atoms. The second kappa shape index (κ2) is 27.2. The zero-order chi connectivity index (χ0) is 23.5. The van der Waals surface area contributed by atoms with Crippen molar-refractivity contribution in [2.45, 2.75) is 195 Å². The van der Waals surface area contributed by atoms with E-state index in [-0.39, 0.29) is 0 Å². The third-order valence-corrected chi connectivity index (χ3v) is 8.00. The van der Waals surface area contributed by atoms with Gasteiger partial charge in [-0.2, -0.15) is 0 Å². The lowest BCUT2D eigenvalue weighted by molar-refractivity contribution is 0.322. The van der Waals surface area contributed by atoms with E-state index in [1.807, 2.05) is 0 Å². The van der Waals surface area contributed by atoms with Crippen LogP contribution in [0.5, 0.6) is 0 Å². The maximum absolute atomic E-state index is 2.52. The first-order valence-electron chi connectivity index (χ1n) is 15.7. The molecule has 0 fully saturated rings. The van der Waals surface area contributed by atoms with Crippen molar-refractivity contribution in [2.75, 3.05) is 0 Å². The summed E-state index contributed by atoms with van der Waals surface area (Å²) in [6, 6.07) is 0. The van der Waals surface area contributed by atoms with Gasteiger partial charge in [0, 0.05) is 0 Å². The lowest BCUT2D eigenvalue weighted by Crippen LogP contribution is -2.08. The molecule has 0 spiro atoms. The van der Waals surface area contributed by atoms with E-state index in [9.17, 15) is 0 Å². The molecule has 0 saturated heterocycles. The van der Waals surface area contributed by atoms with Gasteiger partial charge in [-0.15, -0.1) is 0 Å². The normalized spacial score (nSPS) is 13.5. The maximum atomic E-state index is 2.52. The fourth-order valence-corrected chi connectivity index (χ4v) is 5.18. The highest BCUT2D eigenvalue weighted by Crippen LogP contribution is 2.24. The van der Waals surface area contributed by atoms with Gasteiger partial charge in [0.15, 0.2) is 0 Å². The molecule has 0 saturated carbocycles. The first-order valence-corrected chi connectivity index (χ1v) is 15.7. The number of hydrogen-bond donors (Lipinski definition) is 0. The van der Waals surface area contributed by atoms with Crippen molar-refractivity contribution < 1.29 is 0 Å². The Morgan fingerprint density at radius 1 is 0.281 bits per heavy atom. The SMILES string of the molecule is CCCCCCCCCCCCCCC(C)C(C)CCCCCCCCCCCCCC. The topological polar surface area (TPSA) is 0 Å². The minimum Gasteiger partial charge on any atom is -0.0654 e. The lowest BCUT2D eigenvalue weighted by Gasteiger charge is -2.19. The molecule has 0 heterocycles. The Balaban J connectivity index is 3.28. The maximum Gasteiger partial charge on any atom is -0.0417 e. The minimum atomic E-state index is 0.936. The van der Waals surface area contributed by atoms with E-state index in [4.69, 9.17) is 0 Å². The quantitative estimate of drug-likeness (QED) is 0.109. The highest BCUT2D eigenvalue weighted by Gasteiger charge is 2.11. The highest BCUT2D eigenvalue weighted by molar-refractivity contribution is 4.63. The second-order valence-electron chi connectivity index (χ2n) is 11.3. The molecule has 0 radical (unpaired) electrons. The van der Waals surface area contributed by atoms with E-state index >= 15 is 0 Å². The van der Waals surface area contributed by atoms with Crippen molar-refractivity contribution in [2.24, 2.45) is 11.8 Å². The summed E-state index contributed by atoms with van der Waals surface area (Å²) in [5.74, 6) is 1.87. The number of rotatable bonds is 27. The van der Waals surface area contributed by atoms with Crippen molar-refractivity contribution in [1.82, 2.24) is 0 Å². The Morgan fingerprint density at radius 2 is 0.469 bits per heavy atom. The van der Waals surface area contributed by atoms with Crippen LogP contribution in [0.1, 0.15) is 195 Å². The largest absolute Gasteiger partial charge is 0.0654 e. The smallest absolute Gasteiger partial charge is 0.0417 e. The average Bonchev–Trinajstić information content (AvgIpc) is 2.80. The van der Waals surface area contributed by atoms with Crippen LogP contribution in [0.25, 0.3) is 0 Å². The van der Waals surface area contributed by atoms with Crippen LogP contribution in [0, 0.1) is 11.8 Å². The molecule has 0 aliphatic carbocycles.